The van der Waals surface area contributed by atoms with E-state index in [1.165, 1.54) is 5.56 Å². The highest BCUT2D eigenvalue weighted by atomic mass is 79.9. The second-order valence-corrected chi connectivity index (χ2v) is 6.86. The lowest BCUT2D eigenvalue weighted by Crippen LogP contribution is -2.40. The van der Waals surface area contributed by atoms with E-state index in [2.05, 4.69) is 75.4 Å². The third kappa shape index (κ3) is 6.55. The van der Waals surface area contributed by atoms with Crippen molar-refractivity contribution in [2.45, 2.75) is 32.9 Å². The first kappa shape index (κ1) is 15.2. The van der Waals surface area contributed by atoms with Crippen LogP contribution in [0.25, 0.3) is 0 Å². The van der Waals surface area contributed by atoms with Crippen molar-refractivity contribution in [3.63, 3.8) is 0 Å². The summed E-state index contributed by atoms with van der Waals surface area (Å²) >= 11 is 7.04. The third-order valence-electron chi connectivity index (χ3n) is 2.28. The molecule has 2 N–H and O–H groups in total. The predicted octanol–water partition coefficient (Wildman–Crippen LogP) is 3.69. The van der Waals surface area contributed by atoms with E-state index in [0.717, 1.165) is 28.6 Å². The number of halogens is 2. The van der Waals surface area contributed by atoms with Gasteiger partial charge in [0.2, 0.25) is 0 Å². The number of hydrogen-bond acceptors (Lipinski definition) is 2. The van der Waals surface area contributed by atoms with Gasteiger partial charge < -0.3 is 10.6 Å². The van der Waals surface area contributed by atoms with Crippen LogP contribution >= 0.6 is 31.9 Å². The maximum Gasteiger partial charge on any atom is 0.0221 e. The Morgan fingerprint density at radius 3 is 2.47 bits per heavy atom. The topological polar surface area (TPSA) is 24.1 Å². The van der Waals surface area contributed by atoms with Crippen molar-refractivity contribution < 1.29 is 0 Å². The normalized spacial score (nSPS) is 11.8. The van der Waals surface area contributed by atoms with Crippen molar-refractivity contribution in [1.29, 1.82) is 0 Å². The number of nitrogens with one attached hydrogen (secondary N) is 2. The Labute approximate surface area is 121 Å². The molecule has 0 spiro atoms. The standard InChI is InChI=1S/C13H20Br2N2/c1-13(2,3)17-7-6-16-9-10-8-11(14)4-5-12(10)15/h4-5,8,16-17H,6-7,9H2,1-3H3. The zero-order valence-corrected chi connectivity index (χ0v) is 13.8. The third-order valence-corrected chi connectivity index (χ3v) is 3.55. The van der Waals surface area contributed by atoms with Crippen LogP contribution < -0.4 is 10.6 Å². The summed E-state index contributed by atoms with van der Waals surface area (Å²) < 4.78 is 2.27. The van der Waals surface area contributed by atoms with E-state index in [9.17, 15) is 0 Å². The monoisotopic (exact) mass is 362 g/mol. The SMILES string of the molecule is CC(C)(C)NCCNCc1cc(Br)ccc1Br. The van der Waals surface area contributed by atoms with E-state index in [1.807, 2.05) is 6.07 Å². The summed E-state index contributed by atoms with van der Waals surface area (Å²) in [7, 11) is 0. The largest absolute Gasteiger partial charge is 0.311 e. The quantitative estimate of drug-likeness (QED) is 0.779. The van der Waals surface area contributed by atoms with Crippen LogP contribution in [0, 0.1) is 0 Å². The van der Waals surface area contributed by atoms with Gasteiger partial charge in [-0.3, -0.25) is 0 Å². The molecule has 1 rings (SSSR count). The van der Waals surface area contributed by atoms with E-state index in [0.29, 0.717) is 0 Å². The van der Waals surface area contributed by atoms with Gasteiger partial charge in [0, 0.05) is 34.1 Å². The van der Waals surface area contributed by atoms with Crippen LogP contribution in [0.5, 0.6) is 0 Å². The van der Waals surface area contributed by atoms with Crippen LogP contribution in [0.2, 0.25) is 0 Å². The van der Waals surface area contributed by atoms with Crippen molar-refractivity contribution >= 4 is 31.9 Å². The van der Waals surface area contributed by atoms with Crippen molar-refractivity contribution in [3.8, 4) is 0 Å². The summed E-state index contributed by atoms with van der Waals surface area (Å²) in [6.45, 7) is 9.37. The second-order valence-electron chi connectivity index (χ2n) is 5.09. The molecule has 96 valence electrons. The molecule has 0 aliphatic carbocycles. The van der Waals surface area contributed by atoms with Crippen LogP contribution in [-0.2, 0) is 6.54 Å². The molecule has 0 aliphatic heterocycles. The fourth-order valence-electron chi connectivity index (χ4n) is 1.43. The lowest BCUT2D eigenvalue weighted by Gasteiger charge is -2.20. The molecule has 4 heteroatoms. The van der Waals surface area contributed by atoms with Gasteiger partial charge in [-0.05, 0) is 44.5 Å². The summed E-state index contributed by atoms with van der Waals surface area (Å²) in [5.41, 5.74) is 1.47. The molecule has 0 saturated carbocycles. The molecule has 0 unspecified atom stereocenters. The average Bonchev–Trinajstić information content (AvgIpc) is 2.21. The van der Waals surface area contributed by atoms with E-state index in [-0.39, 0.29) is 5.54 Å². The fourth-order valence-corrected chi connectivity index (χ4v) is 2.22. The van der Waals surface area contributed by atoms with Gasteiger partial charge >= 0.3 is 0 Å². The molecule has 0 aromatic heterocycles. The van der Waals surface area contributed by atoms with E-state index >= 15 is 0 Å². The van der Waals surface area contributed by atoms with Crippen LogP contribution in [0.4, 0.5) is 0 Å². The summed E-state index contributed by atoms with van der Waals surface area (Å²) in [5.74, 6) is 0. The minimum atomic E-state index is 0.192. The molecule has 0 bridgehead atoms. The van der Waals surface area contributed by atoms with Gasteiger partial charge in [-0.1, -0.05) is 31.9 Å². The highest BCUT2D eigenvalue weighted by molar-refractivity contribution is 9.11. The Kier molecular flexibility index (Phi) is 6.13. The van der Waals surface area contributed by atoms with Gasteiger partial charge in [0.25, 0.3) is 0 Å². The zero-order chi connectivity index (χ0) is 12.9. The average molecular weight is 364 g/mol. The Morgan fingerprint density at radius 2 is 1.82 bits per heavy atom. The molecule has 0 heterocycles. The molecule has 17 heavy (non-hydrogen) atoms. The van der Waals surface area contributed by atoms with Crippen LogP contribution in [0.3, 0.4) is 0 Å². The molecule has 1 aromatic rings. The van der Waals surface area contributed by atoms with Gasteiger partial charge in [0.05, 0.1) is 0 Å². The van der Waals surface area contributed by atoms with Gasteiger partial charge in [-0.2, -0.15) is 0 Å². The van der Waals surface area contributed by atoms with Gasteiger partial charge in [-0.25, -0.2) is 0 Å². The van der Waals surface area contributed by atoms with Crippen molar-refractivity contribution in [2.24, 2.45) is 0 Å². The Morgan fingerprint density at radius 1 is 1.12 bits per heavy atom. The molecule has 0 radical (unpaired) electrons. The Hall–Kier alpha value is 0.1000. The van der Waals surface area contributed by atoms with Crippen LogP contribution in [-0.4, -0.2) is 18.6 Å². The molecular formula is C13H20Br2N2. The maximum atomic E-state index is 3.55. The highest BCUT2D eigenvalue weighted by Crippen LogP contribution is 2.21. The maximum absolute atomic E-state index is 3.55. The van der Waals surface area contributed by atoms with Crippen molar-refractivity contribution in [1.82, 2.24) is 10.6 Å². The van der Waals surface area contributed by atoms with Gasteiger partial charge in [-0.15, -0.1) is 0 Å². The number of rotatable bonds is 5. The van der Waals surface area contributed by atoms with Gasteiger partial charge in [0.15, 0.2) is 0 Å². The second kappa shape index (κ2) is 6.88. The number of hydrogen-bond donors (Lipinski definition) is 2. The van der Waals surface area contributed by atoms with E-state index < -0.39 is 0 Å². The lowest BCUT2D eigenvalue weighted by molar-refractivity contribution is 0.421. The highest BCUT2D eigenvalue weighted by Gasteiger charge is 2.07. The van der Waals surface area contributed by atoms with E-state index in [1.54, 1.807) is 0 Å². The van der Waals surface area contributed by atoms with Crippen molar-refractivity contribution in [3.05, 3.63) is 32.7 Å². The zero-order valence-electron chi connectivity index (χ0n) is 10.6. The molecule has 0 saturated heterocycles. The molecule has 0 amide bonds. The summed E-state index contributed by atoms with van der Waals surface area (Å²) in [6.07, 6.45) is 0. The minimum Gasteiger partial charge on any atom is -0.311 e. The minimum absolute atomic E-state index is 0.192. The molecular weight excluding hydrogens is 344 g/mol. The molecule has 0 aliphatic rings. The van der Waals surface area contributed by atoms with Gasteiger partial charge in [0.1, 0.15) is 0 Å². The first-order valence-electron chi connectivity index (χ1n) is 5.78. The lowest BCUT2D eigenvalue weighted by atomic mass is 10.1. The molecule has 0 atom stereocenters. The predicted molar refractivity (Wildman–Crippen MR) is 81.3 cm³/mol. The van der Waals surface area contributed by atoms with Crippen LogP contribution in [0.15, 0.2) is 27.1 Å². The fraction of sp³-hybridized carbons (Fsp3) is 0.538. The summed E-state index contributed by atoms with van der Waals surface area (Å²) in [6, 6.07) is 6.23. The number of benzene rings is 1. The van der Waals surface area contributed by atoms with E-state index in [4.69, 9.17) is 0 Å². The Bertz CT molecular complexity index is 359. The molecule has 2 nitrogen and oxygen atoms in total. The Balaban J connectivity index is 2.29. The first-order chi connectivity index (χ1) is 7.88. The van der Waals surface area contributed by atoms with Crippen molar-refractivity contribution in [2.75, 3.05) is 13.1 Å². The summed E-state index contributed by atoms with van der Waals surface area (Å²) in [5, 5.41) is 6.88. The smallest absolute Gasteiger partial charge is 0.0221 e. The van der Waals surface area contributed by atoms with Crippen LogP contribution in [0.1, 0.15) is 26.3 Å². The first-order valence-corrected chi connectivity index (χ1v) is 7.37. The summed E-state index contributed by atoms with van der Waals surface area (Å²) in [4.78, 5) is 0. The molecule has 0 fully saturated rings. The molecule has 1 aromatic carbocycles.